The molecule has 138 valence electrons. The quantitative estimate of drug-likeness (QED) is 0.571. The highest BCUT2D eigenvalue weighted by molar-refractivity contribution is 5.86. The van der Waals surface area contributed by atoms with Gasteiger partial charge in [-0.05, 0) is 25.5 Å². The number of hydrogen-bond acceptors (Lipinski definition) is 7. The van der Waals surface area contributed by atoms with E-state index < -0.39 is 0 Å². The van der Waals surface area contributed by atoms with Crippen LogP contribution in [0.25, 0.3) is 11.2 Å². The predicted octanol–water partition coefficient (Wildman–Crippen LogP) is 2.78. The number of imidazole rings is 1. The Morgan fingerprint density at radius 2 is 2.12 bits per heavy atom. The van der Waals surface area contributed by atoms with Gasteiger partial charge in [-0.15, -0.1) is 0 Å². The van der Waals surface area contributed by atoms with Crippen molar-refractivity contribution in [2.75, 3.05) is 24.4 Å². The van der Waals surface area contributed by atoms with E-state index in [9.17, 15) is 5.11 Å². The van der Waals surface area contributed by atoms with Crippen LogP contribution in [0, 0.1) is 0 Å². The number of hydrogen-bond donors (Lipinski definition) is 3. The molecule has 3 rings (SSSR count). The molecule has 0 spiro atoms. The monoisotopic (exact) mass is 356 g/mol. The van der Waals surface area contributed by atoms with Gasteiger partial charge >= 0.3 is 0 Å². The van der Waals surface area contributed by atoms with E-state index in [1.807, 2.05) is 42.7 Å². The van der Waals surface area contributed by atoms with Crippen molar-refractivity contribution in [3.05, 3.63) is 30.6 Å². The molecule has 3 N–H and O–H groups in total. The molecule has 8 heteroatoms. The van der Waals surface area contributed by atoms with Gasteiger partial charge in [-0.3, -0.25) is 0 Å². The molecule has 0 aliphatic carbocycles. The molecule has 3 aromatic rings. The van der Waals surface area contributed by atoms with Crippen molar-refractivity contribution < 1.29 is 9.84 Å². The van der Waals surface area contributed by atoms with E-state index in [0.717, 1.165) is 30.0 Å². The van der Waals surface area contributed by atoms with E-state index in [1.165, 1.54) is 0 Å². The van der Waals surface area contributed by atoms with Crippen molar-refractivity contribution in [3.8, 4) is 5.75 Å². The number of aliphatic hydroxyl groups is 1. The SMILES string of the molecule is CCC(CO)Nc1nc(Nc2cccc(OC)c2)c2ncn(CC)c2n1. The number of nitrogens with one attached hydrogen (secondary N) is 2. The summed E-state index contributed by atoms with van der Waals surface area (Å²) in [5, 5.41) is 15.9. The lowest BCUT2D eigenvalue weighted by Crippen LogP contribution is -2.24. The van der Waals surface area contributed by atoms with Crippen molar-refractivity contribution in [2.45, 2.75) is 32.9 Å². The van der Waals surface area contributed by atoms with Crippen LogP contribution in [-0.4, -0.2) is 44.4 Å². The van der Waals surface area contributed by atoms with Crippen LogP contribution in [0.4, 0.5) is 17.5 Å². The van der Waals surface area contributed by atoms with Crippen LogP contribution in [0.5, 0.6) is 5.75 Å². The van der Waals surface area contributed by atoms with Crippen molar-refractivity contribution in [3.63, 3.8) is 0 Å². The zero-order valence-corrected chi connectivity index (χ0v) is 15.2. The molecule has 0 aliphatic heterocycles. The van der Waals surface area contributed by atoms with Crippen molar-refractivity contribution in [2.24, 2.45) is 0 Å². The van der Waals surface area contributed by atoms with Crippen LogP contribution < -0.4 is 15.4 Å². The molecular formula is C18H24N6O2. The topological polar surface area (TPSA) is 97.1 Å². The fourth-order valence-electron chi connectivity index (χ4n) is 2.62. The number of aliphatic hydroxyl groups excluding tert-OH is 1. The first-order chi connectivity index (χ1) is 12.7. The molecule has 2 heterocycles. The molecule has 0 amide bonds. The lowest BCUT2D eigenvalue weighted by atomic mass is 10.2. The summed E-state index contributed by atoms with van der Waals surface area (Å²) < 4.78 is 7.23. The zero-order valence-electron chi connectivity index (χ0n) is 15.2. The summed E-state index contributed by atoms with van der Waals surface area (Å²) >= 11 is 0. The number of nitrogens with zero attached hydrogens (tertiary/aromatic N) is 4. The molecule has 8 nitrogen and oxygen atoms in total. The lowest BCUT2D eigenvalue weighted by molar-refractivity contribution is 0.271. The standard InChI is InChI=1S/C18H24N6O2/c1-4-12(10-25)21-18-22-16(15-17(23-18)24(5-2)11-19-15)20-13-7-6-8-14(9-13)26-3/h6-9,11-12,25H,4-5,10H2,1-3H3,(H2,20,21,22,23). The lowest BCUT2D eigenvalue weighted by Gasteiger charge is -2.15. The van der Waals surface area contributed by atoms with Crippen LogP contribution in [0.15, 0.2) is 30.6 Å². The molecular weight excluding hydrogens is 332 g/mol. The van der Waals surface area contributed by atoms with E-state index in [-0.39, 0.29) is 12.6 Å². The van der Waals surface area contributed by atoms with Crippen LogP contribution in [0.2, 0.25) is 0 Å². The smallest absolute Gasteiger partial charge is 0.227 e. The normalized spacial score (nSPS) is 12.2. The van der Waals surface area contributed by atoms with Crippen LogP contribution in [-0.2, 0) is 6.54 Å². The first kappa shape index (κ1) is 17.9. The number of aromatic nitrogens is 4. The molecule has 0 radical (unpaired) electrons. The molecule has 0 saturated heterocycles. The third-order valence-electron chi connectivity index (χ3n) is 4.18. The highest BCUT2D eigenvalue weighted by Gasteiger charge is 2.15. The maximum absolute atomic E-state index is 9.46. The summed E-state index contributed by atoms with van der Waals surface area (Å²) in [6.45, 7) is 4.80. The average molecular weight is 356 g/mol. The molecule has 0 saturated carbocycles. The largest absolute Gasteiger partial charge is 0.497 e. The number of methoxy groups -OCH3 is 1. The minimum absolute atomic E-state index is 0.0174. The second-order valence-corrected chi connectivity index (χ2v) is 5.89. The van der Waals surface area contributed by atoms with E-state index in [4.69, 9.17) is 4.74 Å². The number of benzene rings is 1. The summed E-state index contributed by atoms with van der Waals surface area (Å²) in [5.74, 6) is 1.81. The Kier molecular flexibility index (Phi) is 5.52. The predicted molar refractivity (Wildman–Crippen MR) is 102 cm³/mol. The van der Waals surface area contributed by atoms with Gasteiger partial charge < -0.3 is 25.0 Å². The molecule has 0 bridgehead atoms. The fraction of sp³-hybridized carbons (Fsp3) is 0.389. The average Bonchev–Trinajstić information content (AvgIpc) is 3.09. The molecule has 26 heavy (non-hydrogen) atoms. The first-order valence-corrected chi connectivity index (χ1v) is 8.69. The van der Waals surface area contributed by atoms with Gasteiger partial charge in [0.2, 0.25) is 5.95 Å². The minimum Gasteiger partial charge on any atom is -0.497 e. The highest BCUT2D eigenvalue weighted by Crippen LogP contribution is 2.26. The van der Waals surface area contributed by atoms with E-state index in [0.29, 0.717) is 17.3 Å². The summed E-state index contributed by atoms with van der Waals surface area (Å²) in [5.41, 5.74) is 2.27. The second-order valence-electron chi connectivity index (χ2n) is 5.89. The summed E-state index contributed by atoms with van der Waals surface area (Å²) in [6, 6.07) is 7.51. The van der Waals surface area contributed by atoms with Gasteiger partial charge in [0.05, 0.1) is 26.1 Å². The van der Waals surface area contributed by atoms with Gasteiger partial charge in [0.25, 0.3) is 0 Å². The van der Waals surface area contributed by atoms with Crippen LogP contribution >= 0.6 is 0 Å². The molecule has 2 aromatic heterocycles. The summed E-state index contributed by atoms with van der Waals surface area (Å²) in [6.07, 6.45) is 2.52. The number of fused-ring (bicyclic) bond motifs is 1. The van der Waals surface area contributed by atoms with Gasteiger partial charge in [-0.25, -0.2) is 4.98 Å². The van der Waals surface area contributed by atoms with Gasteiger partial charge in [-0.2, -0.15) is 9.97 Å². The molecule has 0 aliphatic rings. The van der Waals surface area contributed by atoms with Crippen molar-refractivity contribution in [1.82, 2.24) is 19.5 Å². The van der Waals surface area contributed by atoms with Crippen LogP contribution in [0.3, 0.4) is 0 Å². The minimum atomic E-state index is -0.102. The molecule has 1 aromatic carbocycles. The van der Waals surface area contributed by atoms with Crippen LogP contribution in [0.1, 0.15) is 20.3 Å². The van der Waals surface area contributed by atoms with E-state index >= 15 is 0 Å². The second kappa shape index (κ2) is 8.01. The Balaban J connectivity index is 2.02. The summed E-state index contributed by atoms with van der Waals surface area (Å²) in [7, 11) is 1.63. The fourth-order valence-corrected chi connectivity index (χ4v) is 2.62. The van der Waals surface area contributed by atoms with Gasteiger partial charge in [0.15, 0.2) is 17.0 Å². The third-order valence-corrected chi connectivity index (χ3v) is 4.18. The Morgan fingerprint density at radius 3 is 2.81 bits per heavy atom. The number of aryl methyl sites for hydroxylation is 1. The third kappa shape index (κ3) is 3.70. The maximum Gasteiger partial charge on any atom is 0.227 e. The van der Waals surface area contributed by atoms with Gasteiger partial charge in [0, 0.05) is 18.3 Å². The number of rotatable bonds is 8. The molecule has 1 atom stereocenters. The Morgan fingerprint density at radius 1 is 1.27 bits per heavy atom. The Labute approximate surface area is 152 Å². The van der Waals surface area contributed by atoms with E-state index in [2.05, 4.69) is 25.6 Å². The first-order valence-electron chi connectivity index (χ1n) is 8.69. The number of anilines is 3. The Bertz CT molecular complexity index is 875. The Hall–Kier alpha value is -2.87. The molecule has 0 fully saturated rings. The van der Waals surface area contributed by atoms with Crippen molar-refractivity contribution >= 4 is 28.6 Å². The maximum atomic E-state index is 9.46. The summed E-state index contributed by atoms with van der Waals surface area (Å²) in [4.78, 5) is 13.6. The zero-order chi connectivity index (χ0) is 18.5. The molecule has 1 unspecified atom stereocenters. The van der Waals surface area contributed by atoms with Crippen molar-refractivity contribution in [1.29, 1.82) is 0 Å². The van der Waals surface area contributed by atoms with E-state index in [1.54, 1.807) is 13.4 Å². The number of ether oxygens (including phenoxy) is 1. The van der Waals surface area contributed by atoms with Gasteiger partial charge in [0.1, 0.15) is 5.75 Å². The van der Waals surface area contributed by atoms with Gasteiger partial charge in [-0.1, -0.05) is 13.0 Å². The highest BCUT2D eigenvalue weighted by atomic mass is 16.5.